The number of nitrogens with two attached hydrogens (primary N) is 1. The molecule has 1 rings (SSSR count). The fraction of sp³-hybridized carbons (Fsp3) is 0.640. The first-order valence-electron chi connectivity index (χ1n) is 12.1. The van der Waals surface area contributed by atoms with Gasteiger partial charge in [0.05, 0.1) is 24.8 Å². The van der Waals surface area contributed by atoms with Crippen LogP contribution in [-0.2, 0) is 20.8 Å². The minimum atomic E-state index is -0.949. The van der Waals surface area contributed by atoms with Crippen molar-refractivity contribution < 1.29 is 29.3 Å². The molecule has 0 aromatic heterocycles. The van der Waals surface area contributed by atoms with E-state index in [1.807, 2.05) is 25.1 Å². The lowest BCUT2D eigenvalue weighted by Crippen LogP contribution is -2.50. The molecule has 0 aliphatic rings. The molecule has 192 valence electrons. The van der Waals surface area contributed by atoms with Gasteiger partial charge >= 0.3 is 5.97 Å². The zero-order valence-electron chi connectivity index (χ0n) is 20.6. The van der Waals surface area contributed by atoms with E-state index in [1.165, 1.54) is 0 Å². The SMILES string of the molecule is CCCCNC(=O)C(C)CC(O)C(Cc1cccc(OCCCCC(=O)O)c1)NC(=O)C(C)N. The van der Waals surface area contributed by atoms with E-state index in [4.69, 9.17) is 15.6 Å². The summed E-state index contributed by atoms with van der Waals surface area (Å²) < 4.78 is 5.72. The molecule has 9 heteroatoms. The van der Waals surface area contributed by atoms with E-state index in [2.05, 4.69) is 10.6 Å². The van der Waals surface area contributed by atoms with E-state index >= 15 is 0 Å². The maximum atomic E-state index is 12.3. The van der Waals surface area contributed by atoms with Crippen molar-refractivity contribution in [2.24, 2.45) is 11.7 Å². The molecule has 0 fully saturated rings. The van der Waals surface area contributed by atoms with Crippen molar-refractivity contribution >= 4 is 17.8 Å². The fourth-order valence-corrected chi connectivity index (χ4v) is 3.38. The normalized spacial score (nSPS) is 14.5. The van der Waals surface area contributed by atoms with Crippen molar-refractivity contribution in [3.05, 3.63) is 29.8 Å². The van der Waals surface area contributed by atoms with Gasteiger partial charge in [0.15, 0.2) is 0 Å². The standard InChI is InChI=1S/C25H41N3O6/c1-4-5-12-27-24(32)17(2)14-22(29)21(28-25(33)18(3)26)16-19-9-8-10-20(15-19)34-13-7-6-11-23(30)31/h8-10,15,17-18,21-22,29H,4-7,11-14,16,26H2,1-3H3,(H,27,32)(H,28,33)(H,30,31). The number of aliphatic hydroxyl groups excluding tert-OH is 1. The summed E-state index contributed by atoms with van der Waals surface area (Å²) >= 11 is 0. The number of benzene rings is 1. The first-order chi connectivity index (χ1) is 16.1. The Labute approximate surface area is 202 Å². The number of carboxylic acid groups (broad SMARTS) is 1. The van der Waals surface area contributed by atoms with Crippen molar-refractivity contribution in [1.82, 2.24) is 10.6 Å². The zero-order chi connectivity index (χ0) is 25.5. The zero-order valence-corrected chi connectivity index (χ0v) is 20.6. The Hall–Kier alpha value is -2.65. The number of unbranched alkanes of at least 4 members (excludes halogenated alkanes) is 2. The molecule has 34 heavy (non-hydrogen) atoms. The molecule has 2 amide bonds. The molecule has 0 radical (unpaired) electrons. The molecule has 4 atom stereocenters. The van der Waals surface area contributed by atoms with E-state index in [1.54, 1.807) is 19.9 Å². The highest BCUT2D eigenvalue weighted by Crippen LogP contribution is 2.18. The molecule has 1 aromatic carbocycles. The Morgan fingerprint density at radius 3 is 2.50 bits per heavy atom. The molecular formula is C25H41N3O6. The number of amides is 2. The molecule has 0 aliphatic carbocycles. The number of rotatable bonds is 17. The van der Waals surface area contributed by atoms with E-state index in [0.717, 1.165) is 18.4 Å². The van der Waals surface area contributed by atoms with E-state index in [0.29, 0.717) is 38.2 Å². The number of aliphatic carboxylic acids is 1. The molecule has 0 aliphatic heterocycles. The predicted octanol–water partition coefficient (Wildman–Crippen LogP) is 2.00. The number of aliphatic hydroxyl groups is 1. The number of carboxylic acids is 1. The van der Waals surface area contributed by atoms with Crippen molar-refractivity contribution in [2.75, 3.05) is 13.2 Å². The summed E-state index contributed by atoms with van der Waals surface area (Å²) in [5, 5.41) is 25.3. The lowest BCUT2D eigenvalue weighted by atomic mass is 9.93. The number of carbonyl (C=O) groups excluding carboxylic acids is 2. The van der Waals surface area contributed by atoms with Crippen LogP contribution in [0.1, 0.15) is 64.9 Å². The van der Waals surface area contributed by atoms with Gasteiger partial charge in [-0.3, -0.25) is 14.4 Å². The maximum Gasteiger partial charge on any atom is 0.303 e. The molecular weight excluding hydrogens is 438 g/mol. The summed E-state index contributed by atoms with van der Waals surface area (Å²) in [5.41, 5.74) is 6.55. The van der Waals surface area contributed by atoms with Gasteiger partial charge in [0.2, 0.25) is 11.8 Å². The van der Waals surface area contributed by atoms with Gasteiger partial charge in [0, 0.05) is 18.9 Å². The Balaban J connectivity index is 2.78. The Kier molecular flexibility index (Phi) is 13.9. The van der Waals surface area contributed by atoms with Gasteiger partial charge in [-0.15, -0.1) is 0 Å². The average molecular weight is 480 g/mol. The summed E-state index contributed by atoms with van der Waals surface area (Å²) in [5.74, 6) is -1.11. The van der Waals surface area contributed by atoms with Crippen LogP contribution in [0.5, 0.6) is 5.75 Å². The van der Waals surface area contributed by atoms with Crippen molar-refractivity contribution in [3.8, 4) is 5.75 Å². The van der Waals surface area contributed by atoms with E-state index in [-0.39, 0.29) is 24.7 Å². The van der Waals surface area contributed by atoms with Gasteiger partial charge in [-0.2, -0.15) is 0 Å². The third kappa shape index (κ3) is 12.0. The van der Waals surface area contributed by atoms with Crippen molar-refractivity contribution in [3.63, 3.8) is 0 Å². The number of hydrogen-bond acceptors (Lipinski definition) is 6. The lowest BCUT2D eigenvalue weighted by molar-refractivity contribution is -0.137. The van der Waals surface area contributed by atoms with Gasteiger partial charge in [-0.05, 0) is 56.7 Å². The van der Waals surface area contributed by atoms with Gasteiger partial charge in [-0.1, -0.05) is 32.4 Å². The smallest absolute Gasteiger partial charge is 0.303 e. The highest BCUT2D eigenvalue weighted by Gasteiger charge is 2.27. The number of hydrogen-bond donors (Lipinski definition) is 5. The molecule has 1 aromatic rings. The fourth-order valence-electron chi connectivity index (χ4n) is 3.38. The Morgan fingerprint density at radius 1 is 1.12 bits per heavy atom. The number of ether oxygens (including phenoxy) is 1. The first-order valence-corrected chi connectivity index (χ1v) is 12.1. The van der Waals surface area contributed by atoms with Crippen LogP contribution in [0, 0.1) is 5.92 Å². The molecule has 0 bridgehead atoms. The van der Waals surface area contributed by atoms with Crippen molar-refractivity contribution in [1.29, 1.82) is 0 Å². The van der Waals surface area contributed by atoms with E-state index < -0.39 is 30.1 Å². The summed E-state index contributed by atoms with van der Waals surface area (Å²) in [6, 6.07) is 5.96. The Morgan fingerprint density at radius 2 is 1.85 bits per heavy atom. The molecule has 0 saturated carbocycles. The summed E-state index contributed by atoms with van der Waals surface area (Å²) in [4.78, 5) is 35.2. The molecule has 6 N–H and O–H groups in total. The van der Waals surface area contributed by atoms with Crippen LogP contribution >= 0.6 is 0 Å². The molecule has 4 unspecified atom stereocenters. The highest BCUT2D eigenvalue weighted by atomic mass is 16.5. The summed E-state index contributed by atoms with van der Waals surface area (Å²) in [7, 11) is 0. The average Bonchev–Trinajstić information content (AvgIpc) is 2.78. The van der Waals surface area contributed by atoms with Gasteiger partial charge in [-0.25, -0.2) is 0 Å². The Bertz CT molecular complexity index is 771. The third-order valence-corrected chi connectivity index (χ3v) is 5.49. The van der Waals surface area contributed by atoms with Crippen LogP contribution in [0.2, 0.25) is 0 Å². The van der Waals surface area contributed by atoms with Crippen LogP contribution in [0.3, 0.4) is 0 Å². The van der Waals surface area contributed by atoms with Gasteiger partial charge < -0.3 is 31.3 Å². The quantitative estimate of drug-likeness (QED) is 0.214. The predicted molar refractivity (Wildman–Crippen MR) is 130 cm³/mol. The molecule has 0 heterocycles. The van der Waals surface area contributed by atoms with Crippen LogP contribution < -0.4 is 21.1 Å². The topological polar surface area (TPSA) is 151 Å². The molecule has 0 spiro atoms. The van der Waals surface area contributed by atoms with Gasteiger partial charge in [0.25, 0.3) is 0 Å². The molecule has 0 saturated heterocycles. The van der Waals surface area contributed by atoms with Crippen LogP contribution in [0.15, 0.2) is 24.3 Å². The second-order valence-corrected chi connectivity index (χ2v) is 8.80. The van der Waals surface area contributed by atoms with Gasteiger partial charge in [0.1, 0.15) is 5.75 Å². The largest absolute Gasteiger partial charge is 0.494 e. The summed E-state index contributed by atoms with van der Waals surface area (Å²) in [6.07, 6.45) is 2.73. The second kappa shape index (κ2) is 16.1. The molecule has 9 nitrogen and oxygen atoms in total. The highest BCUT2D eigenvalue weighted by molar-refractivity contribution is 5.81. The summed E-state index contributed by atoms with van der Waals surface area (Å²) in [6.45, 7) is 6.37. The van der Waals surface area contributed by atoms with Crippen molar-refractivity contribution in [2.45, 2.75) is 83.9 Å². The number of nitrogens with one attached hydrogen (secondary N) is 2. The lowest BCUT2D eigenvalue weighted by Gasteiger charge is -2.27. The number of carbonyl (C=O) groups is 3. The van der Waals surface area contributed by atoms with Crippen LogP contribution in [0.25, 0.3) is 0 Å². The minimum absolute atomic E-state index is 0.108. The third-order valence-electron chi connectivity index (χ3n) is 5.49. The van der Waals surface area contributed by atoms with Crippen LogP contribution in [-0.4, -0.2) is 59.3 Å². The minimum Gasteiger partial charge on any atom is -0.494 e. The maximum absolute atomic E-state index is 12.3. The van der Waals surface area contributed by atoms with E-state index in [9.17, 15) is 19.5 Å². The van der Waals surface area contributed by atoms with Crippen LogP contribution in [0.4, 0.5) is 0 Å². The second-order valence-electron chi connectivity index (χ2n) is 8.80. The monoisotopic (exact) mass is 479 g/mol. The first kappa shape index (κ1) is 29.4.